The van der Waals surface area contributed by atoms with E-state index in [1.54, 1.807) is 0 Å². The first-order valence-corrected chi connectivity index (χ1v) is 25.6. The van der Waals surface area contributed by atoms with Gasteiger partial charge in [0.1, 0.15) is 59.4 Å². The minimum absolute atomic E-state index is 0.00194. The Balaban J connectivity index is 0.000000167. The van der Waals surface area contributed by atoms with Gasteiger partial charge in [-0.05, 0) is 72.8 Å². The van der Waals surface area contributed by atoms with E-state index in [-0.39, 0.29) is 22.5 Å². The van der Waals surface area contributed by atoms with Crippen LogP contribution in [0.15, 0.2) is 158 Å². The number of para-hydroxylation sites is 4. The van der Waals surface area contributed by atoms with E-state index in [4.69, 9.17) is 18.6 Å². The lowest BCUT2D eigenvalue weighted by Gasteiger charge is -2.42. The minimum atomic E-state index is -1.92. The van der Waals surface area contributed by atoms with Crippen LogP contribution in [0.1, 0.15) is 22.0 Å². The third kappa shape index (κ3) is 7.20. The molecule has 6 aromatic rings. The number of aromatic nitrogens is 2. The molecule has 2 atom stereocenters. The predicted octanol–water partition coefficient (Wildman–Crippen LogP) is 9.14. The van der Waals surface area contributed by atoms with Crippen molar-refractivity contribution in [2.24, 2.45) is 0 Å². The molecule has 0 spiro atoms. The largest absolute Gasteiger partial charge is 0.658 e. The van der Waals surface area contributed by atoms with Crippen LogP contribution in [0.3, 0.4) is 0 Å². The molecule has 0 saturated carbocycles. The highest BCUT2D eigenvalue weighted by Crippen LogP contribution is 2.46. The summed E-state index contributed by atoms with van der Waals surface area (Å²) in [5.41, 5.74) is 2.08. The highest BCUT2D eigenvalue weighted by atomic mass is 28.3. The van der Waals surface area contributed by atoms with Crippen LogP contribution in [0.4, 0.5) is 8.78 Å². The van der Waals surface area contributed by atoms with Crippen LogP contribution in [-0.2, 0) is 0 Å². The molecule has 0 bridgehead atoms. The molecule has 0 saturated heterocycles. The summed E-state index contributed by atoms with van der Waals surface area (Å²) in [6.07, 6.45) is 7.95. The lowest BCUT2D eigenvalue weighted by atomic mass is 9.63. The van der Waals surface area contributed by atoms with Gasteiger partial charge in [-0.3, -0.25) is 0 Å². The molecule has 54 heavy (non-hydrogen) atoms. The fourth-order valence-electron chi connectivity index (χ4n) is 8.32. The molecular formula is C42H46B2F2N2O4Si2. The van der Waals surface area contributed by atoms with Gasteiger partial charge >= 0.3 is 13.4 Å². The Kier molecular flexibility index (Phi) is 10.0. The molecule has 2 aliphatic rings. The van der Waals surface area contributed by atoms with Crippen LogP contribution in [-0.4, -0.2) is 29.5 Å². The SMILES string of the molecule is C[Si](C)(C)[C@@H](c1ccc(F)cc1)[B-]1([n+]2ccccc2)Oc2ccccc2O1.C[Si](C)(C)[C@H](c1ccc(F)cc1)[B-]1([n+]2ccccc2)Oc2ccccc2O1. The molecule has 4 heterocycles. The summed E-state index contributed by atoms with van der Waals surface area (Å²) in [5.74, 6) is 2.52. The molecule has 2 aliphatic heterocycles. The molecule has 8 rings (SSSR count). The topological polar surface area (TPSA) is 44.7 Å². The quantitative estimate of drug-likeness (QED) is 0.145. The number of pyridine rings is 2. The van der Waals surface area contributed by atoms with Crippen LogP contribution in [0.2, 0.25) is 39.3 Å². The monoisotopic (exact) mass is 758 g/mol. The van der Waals surface area contributed by atoms with Crippen molar-refractivity contribution in [2.75, 3.05) is 0 Å². The van der Waals surface area contributed by atoms with Crippen LogP contribution in [0.25, 0.3) is 0 Å². The minimum Gasteiger partial charge on any atom is -0.620 e. The Morgan fingerprint density at radius 1 is 0.407 bits per heavy atom. The van der Waals surface area contributed by atoms with Gasteiger partial charge in [0.2, 0.25) is 0 Å². The van der Waals surface area contributed by atoms with Crippen molar-refractivity contribution in [3.63, 3.8) is 0 Å². The number of halogens is 2. The Morgan fingerprint density at radius 2 is 0.685 bits per heavy atom. The lowest BCUT2D eigenvalue weighted by Crippen LogP contribution is -2.77. The van der Waals surface area contributed by atoms with Gasteiger partial charge in [-0.25, -0.2) is 8.78 Å². The average Bonchev–Trinajstić information content (AvgIpc) is 3.73. The van der Waals surface area contributed by atoms with E-state index in [0.29, 0.717) is 0 Å². The second kappa shape index (κ2) is 14.6. The molecule has 2 aromatic heterocycles. The Hall–Kier alpha value is -5.20. The summed E-state index contributed by atoms with van der Waals surface area (Å²) in [7, 11) is -3.74. The summed E-state index contributed by atoms with van der Waals surface area (Å²) in [6.45, 7) is 9.94. The van der Waals surface area contributed by atoms with E-state index < -0.39 is 29.5 Å². The molecule has 0 amide bonds. The van der Waals surface area contributed by atoms with Crippen molar-refractivity contribution in [2.45, 2.75) is 50.2 Å². The number of hydrogen-bond acceptors (Lipinski definition) is 4. The second-order valence-corrected chi connectivity index (χ2v) is 27.0. The smallest absolute Gasteiger partial charge is 0.620 e. The Bertz CT molecular complexity index is 2000. The molecule has 6 nitrogen and oxygen atoms in total. The molecule has 12 heteroatoms. The van der Waals surface area contributed by atoms with E-state index in [0.717, 1.165) is 34.1 Å². The van der Waals surface area contributed by atoms with E-state index in [1.807, 2.05) is 143 Å². The standard InChI is InChI=1S/2C21H23BFNO2Si/c2*1-27(2,3)21(17-11-13-18(23)14-12-17)22(24-15-7-4-8-16-24)25-19-9-5-6-10-20(19)26-22/h2*4-16,21H,1-3H3/t2*21-/m10/s1. The van der Waals surface area contributed by atoms with Gasteiger partial charge in [-0.15, -0.1) is 0 Å². The van der Waals surface area contributed by atoms with E-state index in [2.05, 4.69) is 39.3 Å². The summed E-state index contributed by atoms with van der Waals surface area (Å²) >= 11 is 0. The van der Waals surface area contributed by atoms with Gasteiger partial charge < -0.3 is 27.6 Å². The third-order valence-corrected chi connectivity index (χ3v) is 15.6. The maximum atomic E-state index is 13.6. The number of nitrogens with zero attached hydrogens (tertiary/aromatic N) is 2. The van der Waals surface area contributed by atoms with E-state index in [1.165, 1.54) is 24.3 Å². The van der Waals surface area contributed by atoms with Gasteiger partial charge in [0.05, 0.1) is 0 Å². The molecule has 0 unspecified atom stereocenters. The zero-order valence-electron chi connectivity index (χ0n) is 31.6. The highest BCUT2D eigenvalue weighted by Gasteiger charge is 2.62. The summed E-state index contributed by atoms with van der Waals surface area (Å²) in [5, 5.41) is 0. The summed E-state index contributed by atoms with van der Waals surface area (Å²) in [6, 6.07) is 40.9. The zero-order chi connectivity index (χ0) is 38.1. The van der Waals surface area contributed by atoms with Gasteiger partial charge in [0, 0.05) is 27.0 Å². The Labute approximate surface area is 319 Å². The predicted molar refractivity (Wildman–Crippen MR) is 216 cm³/mol. The first-order valence-electron chi connectivity index (χ1n) is 18.5. The van der Waals surface area contributed by atoms with Gasteiger partial charge in [0.15, 0.2) is 0 Å². The first kappa shape index (κ1) is 37.1. The number of fused-ring (bicyclic) bond motifs is 2. The maximum absolute atomic E-state index is 13.6. The fourth-order valence-corrected chi connectivity index (χ4v) is 13.8. The number of benzene rings is 4. The van der Waals surface area contributed by atoms with Crippen LogP contribution >= 0.6 is 0 Å². The van der Waals surface area contributed by atoms with Crippen LogP contribution in [0.5, 0.6) is 23.0 Å². The van der Waals surface area contributed by atoms with E-state index >= 15 is 0 Å². The van der Waals surface area contributed by atoms with Gasteiger partial charge in [-0.1, -0.05) is 111 Å². The fraction of sp³-hybridized carbons (Fsp3) is 0.190. The highest BCUT2D eigenvalue weighted by molar-refractivity contribution is 6.91. The average molecular weight is 759 g/mol. The summed E-state index contributed by atoms with van der Waals surface area (Å²) in [4.78, 5) is 0. The number of hydrogen-bond donors (Lipinski definition) is 0. The van der Waals surface area contributed by atoms with Gasteiger partial charge in [0.25, 0.3) is 0 Å². The molecule has 0 N–H and O–H groups in total. The second-order valence-electron chi connectivity index (χ2n) is 16.3. The zero-order valence-corrected chi connectivity index (χ0v) is 33.6. The molecule has 4 aromatic carbocycles. The van der Waals surface area contributed by atoms with Crippen molar-refractivity contribution >= 4 is 29.5 Å². The molecule has 0 aliphatic carbocycles. The summed E-state index contributed by atoms with van der Waals surface area (Å²) < 4.78 is 57.7. The normalized spacial score (nSPS) is 16.1. The third-order valence-electron chi connectivity index (χ3n) is 10.4. The van der Waals surface area contributed by atoms with Crippen molar-refractivity contribution in [1.82, 2.24) is 0 Å². The molecule has 276 valence electrons. The van der Waals surface area contributed by atoms with Crippen molar-refractivity contribution in [1.29, 1.82) is 0 Å². The molecule has 0 radical (unpaired) electrons. The first-order chi connectivity index (χ1) is 25.8. The van der Waals surface area contributed by atoms with Crippen molar-refractivity contribution in [3.8, 4) is 23.0 Å². The van der Waals surface area contributed by atoms with Crippen molar-refractivity contribution < 1.29 is 36.4 Å². The van der Waals surface area contributed by atoms with Crippen LogP contribution in [0, 0.1) is 11.6 Å². The van der Waals surface area contributed by atoms with E-state index in [9.17, 15) is 8.78 Å². The van der Waals surface area contributed by atoms with Crippen molar-refractivity contribution in [3.05, 3.63) is 181 Å². The lowest BCUT2D eigenvalue weighted by molar-refractivity contribution is -0.571. The molecule has 0 fully saturated rings. The van der Waals surface area contributed by atoms with Crippen LogP contribution < -0.4 is 27.6 Å². The Morgan fingerprint density at radius 3 is 0.944 bits per heavy atom. The maximum Gasteiger partial charge on any atom is 0.658 e. The number of rotatable bonds is 8. The van der Waals surface area contributed by atoms with Gasteiger partial charge in [-0.2, -0.15) is 0 Å². The molecular weight excluding hydrogens is 712 g/mol.